The van der Waals surface area contributed by atoms with E-state index in [-0.39, 0.29) is 0 Å². The second-order valence-corrected chi connectivity index (χ2v) is 5.66. The van der Waals surface area contributed by atoms with Gasteiger partial charge in [0.1, 0.15) is 0 Å². The molecule has 0 amide bonds. The van der Waals surface area contributed by atoms with Gasteiger partial charge in [-0.1, -0.05) is 26.7 Å². The standard InChI is InChI=1S/C16H28N2O2/c1-11(2)7-6-8-12(3)18-14-10-16(20-5)15(19-4)9-13(14)17/h9-12,18H,6-8,17H2,1-5H3. The number of hydrogen-bond acceptors (Lipinski definition) is 4. The van der Waals surface area contributed by atoms with Crippen LogP contribution in [-0.2, 0) is 0 Å². The highest BCUT2D eigenvalue weighted by Gasteiger charge is 2.11. The molecule has 0 fully saturated rings. The molecule has 0 saturated carbocycles. The molecule has 0 aliphatic carbocycles. The average Bonchev–Trinajstić information content (AvgIpc) is 2.40. The van der Waals surface area contributed by atoms with Gasteiger partial charge in [0.25, 0.3) is 0 Å². The largest absolute Gasteiger partial charge is 0.493 e. The molecule has 0 aliphatic rings. The summed E-state index contributed by atoms with van der Waals surface area (Å²) in [4.78, 5) is 0. The van der Waals surface area contributed by atoms with E-state index in [0.717, 1.165) is 18.0 Å². The molecule has 1 rings (SSSR count). The molecule has 0 saturated heterocycles. The summed E-state index contributed by atoms with van der Waals surface area (Å²) in [6.07, 6.45) is 3.61. The first kappa shape index (κ1) is 16.5. The van der Waals surface area contributed by atoms with Crippen LogP contribution < -0.4 is 20.5 Å². The van der Waals surface area contributed by atoms with Crippen molar-refractivity contribution in [3.05, 3.63) is 12.1 Å². The van der Waals surface area contributed by atoms with Gasteiger partial charge in [-0.3, -0.25) is 0 Å². The van der Waals surface area contributed by atoms with Gasteiger partial charge >= 0.3 is 0 Å². The fraction of sp³-hybridized carbons (Fsp3) is 0.625. The zero-order chi connectivity index (χ0) is 15.1. The third-order valence-electron chi connectivity index (χ3n) is 3.38. The maximum Gasteiger partial charge on any atom is 0.162 e. The molecule has 0 spiro atoms. The number of benzene rings is 1. The molecule has 4 nitrogen and oxygen atoms in total. The third-order valence-corrected chi connectivity index (χ3v) is 3.38. The quantitative estimate of drug-likeness (QED) is 0.709. The van der Waals surface area contributed by atoms with E-state index in [9.17, 15) is 0 Å². The number of methoxy groups -OCH3 is 2. The van der Waals surface area contributed by atoms with Crippen LogP contribution >= 0.6 is 0 Å². The Bertz CT molecular complexity index is 419. The normalized spacial score (nSPS) is 12.3. The summed E-state index contributed by atoms with van der Waals surface area (Å²) in [5.74, 6) is 2.11. The first-order valence-electron chi connectivity index (χ1n) is 7.26. The maximum atomic E-state index is 6.05. The number of nitrogen functional groups attached to an aromatic ring is 1. The minimum Gasteiger partial charge on any atom is -0.493 e. The van der Waals surface area contributed by atoms with Crippen LogP contribution in [0.25, 0.3) is 0 Å². The van der Waals surface area contributed by atoms with Crippen molar-refractivity contribution in [1.29, 1.82) is 0 Å². The van der Waals surface area contributed by atoms with Crippen molar-refractivity contribution >= 4 is 11.4 Å². The predicted octanol–water partition coefficient (Wildman–Crippen LogP) is 3.91. The number of ether oxygens (including phenoxy) is 2. The van der Waals surface area contributed by atoms with E-state index in [1.54, 1.807) is 20.3 Å². The Kier molecular flexibility index (Phi) is 6.49. The predicted molar refractivity (Wildman–Crippen MR) is 85.7 cm³/mol. The van der Waals surface area contributed by atoms with Gasteiger partial charge in [-0.05, 0) is 19.3 Å². The maximum absolute atomic E-state index is 6.05. The highest BCUT2D eigenvalue weighted by Crippen LogP contribution is 2.35. The Balaban J connectivity index is 2.67. The van der Waals surface area contributed by atoms with E-state index in [2.05, 4.69) is 26.1 Å². The molecular formula is C16H28N2O2. The van der Waals surface area contributed by atoms with E-state index in [4.69, 9.17) is 15.2 Å². The molecule has 1 unspecified atom stereocenters. The Morgan fingerprint density at radius 3 is 2.20 bits per heavy atom. The highest BCUT2D eigenvalue weighted by atomic mass is 16.5. The molecular weight excluding hydrogens is 252 g/mol. The molecule has 0 aliphatic heterocycles. The second-order valence-electron chi connectivity index (χ2n) is 5.66. The molecule has 114 valence electrons. The van der Waals surface area contributed by atoms with E-state index >= 15 is 0 Å². The summed E-state index contributed by atoms with van der Waals surface area (Å²) in [6.45, 7) is 6.69. The number of hydrogen-bond donors (Lipinski definition) is 2. The molecule has 0 aromatic heterocycles. The van der Waals surface area contributed by atoms with Gasteiger partial charge in [0.15, 0.2) is 11.5 Å². The second kappa shape index (κ2) is 7.88. The van der Waals surface area contributed by atoms with Gasteiger partial charge in [0.2, 0.25) is 0 Å². The number of anilines is 2. The van der Waals surface area contributed by atoms with Gasteiger partial charge in [-0.15, -0.1) is 0 Å². The molecule has 1 atom stereocenters. The fourth-order valence-electron chi connectivity index (χ4n) is 2.19. The van der Waals surface area contributed by atoms with Crippen molar-refractivity contribution in [2.75, 3.05) is 25.3 Å². The average molecular weight is 280 g/mol. The number of rotatable bonds is 8. The molecule has 3 N–H and O–H groups in total. The van der Waals surface area contributed by atoms with Crippen molar-refractivity contribution < 1.29 is 9.47 Å². The molecule has 1 aromatic rings. The van der Waals surface area contributed by atoms with Crippen LogP contribution in [0.5, 0.6) is 11.5 Å². The molecule has 20 heavy (non-hydrogen) atoms. The summed E-state index contributed by atoms with van der Waals surface area (Å²) in [5, 5.41) is 3.45. The van der Waals surface area contributed by atoms with Crippen LogP contribution in [-0.4, -0.2) is 20.3 Å². The Morgan fingerprint density at radius 2 is 1.65 bits per heavy atom. The van der Waals surface area contributed by atoms with Crippen LogP contribution in [0.2, 0.25) is 0 Å². The molecule has 0 radical (unpaired) electrons. The summed E-state index contributed by atoms with van der Waals surface area (Å²) in [7, 11) is 3.24. The van der Waals surface area contributed by atoms with Crippen molar-refractivity contribution in [2.45, 2.75) is 46.1 Å². The van der Waals surface area contributed by atoms with Gasteiger partial charge < -0.3 is 20.5 Å². The number of nitrogens with two attached hydrogens (primary N) is 1. The monoisotopic (exact) mass is 280 g/mol. The van der Waals surface area contributed by atoms with E-state index in [0.29, 0.717) is 23.2 Å². The Hall–Kier alpha value is -1.58. The van der Waals surface area contributed by atoms with E-state index in [1.165, 1.54) is 12.8 Å². The van der Waals surface area contributed by atoms with E-state index in [1.807, 2.05) is 6.07 Å². The van der Waals surface area contributed by atoms with Crippen LogP contribution in [0.3, 0.4) is 0 Å². The minimum absolute atomic E-state index is 0.383. The zero-order valence-electron chi connectivity index (χ0n) is 13.3. The van der Waals surface area contributed by atoms with Gasteiger partial charge in [-0.2, -0.15) is 0 Å². The Labute approximate surface area is 122 Å². The SMILES string of the molecule is COc1cc(N)c(NC(C)CCCC(C)C)cc1OC. The Morgan fingerprint density at radius 1 is 1.05 bits per heavy atom. The van der Waals surface area contributed by atoms with E-state index < -0.39 is 0 Å². The first-order chi connectivity index (χ1) is 9.47. The fourth-order valence-corrected chi connectivity index (χ4v) is 2.19. The topological polar surface area (TPSA) is 56.5 Å². The third kappa shape index (κ3) is 4.83. The van der Waals surface area contributed by atoms with Crippen molar-refractivity contribution in [3.8, 4) is 11.5 Å². The zero-order valence-corrected chi connectivity index (χ0v) is 13.3. The van der Waals surface area contributed by atoms with Gasteiger partial charge in [0, 0.05) is 18.2 Å². The van der Waals surface area contributed by atoms with Crippen molar-refractivity contribution in [3.63, 3.8) is 0 Å². The lowest BCUT2D eigenvalue weighted by Gasteiger charge is -2.19. The van der Waals surface area contributed by atoms with Gasteiger partial charge in [0.05, 0.1) is 25.6 Å². The van der Waals surface area contributed by atoms with Crippen LogP contribution in [0, 0.1) is 5.92 Å². The lowest BCUT2D eigenvalue weighted by Crippen LogP contribution is -2.16. The lowest BCUT2D eigenvalue weighted by atomic mass is 10.0. The van der Waals surface area contributed by atoms with Crippen LogP contribution in [0.1, 0.15) is 40.0 Å². The summed E-state index contributed by atoms with van der Waals surface area (Å²) >= 11 is 0. The summed E-state index contributed by atoms with van der Waals surface area (Å²) < 4.78 is 10.5. The molecule has 4 heteroatoms. The molecule has 1 aromatic carbocycles. The van der Waals surface area contributed by atoms with Crippen LogP contribution in [0.4, 0.5) is 11.4 Å². The molecule has 0 bridgehead atoms. The molecule has 0 heterocycles. The summed E-state index contributed by atoms with van der Waals surface area (Å²) in [6, 6.07) is 4.07. The van der Waals surface area contributed by atoms with Gasteiger partial charge in [-0.25, -0.2) is 0 Å². The van der Waals surface area contributed by atoms with Crippen molar-refractivity contribution in [2.24, 2.45) is 5.92 Å². The van der Waals surface area contributed by atoms with Crippen LogP contribution in [0.15, 0.2) is 12.1 Å². The minimum atomic E-state index is 0.383. The highest BCUT2D eigenvalue weighted by molar-refractivity contribution is 5.72. The lowest BCUT2D eigenvalue weighted by molar-refractivity contribution is 0.355. The van der Waals surface area contributed by atoms with Crippen molar-refractivity contribution in [1.82, 2.24) is 0 Å². The first-order valence-corrected chi connectivity index (χ1v) is 7.26. The smallest absolute Gasteiger partial charge is 0.162 e. The number of nitrogens with one attached hydrogen (secondary N) is 1. The summed E-state index contributed by atoms with van der Waals surface area (Å²) in [5.41, 5.74) is 7.63.